The second-order valence-electron chi connectivity index (χ2n) is 8.42. The third-order valence-corrected chi connectivity index (χ3v) is 6.00. The van der Waals surface area contributed by atoms with Gasteiger partial charge < -0.3 is 20.9 Å². The number of piperidine rings is 1. The van der Waals surface area contributed by atoms with E-state index < -0.39 is 0 Å². The van der Waals surface area contributed by atoms with Crippen molar-refractivity contribution >= 4 is 29.2 Å². The first kappa shape index (κ1) is 24.0. The molecule has 3 N–H and O–H groups in total. The minimum Gasteiger partial charge on any atom is -0.353 e. The molecule has 3 rings (SSSR count). The molecule has 0 radical (unpaired) electrons. The number of pyridine rings is 1. The molecule has 8 heteroatoms. The number of hydrogen-bond acceptors (Lipinski definition) is 4. The number of rotatable bonds is 7. The van der Waals surface area contributed by atoms with Crippen molar-refractivity contribution < 1.29 is 9.59 Å². The topological polar surface area (TPSA) is 86.4 Å². The normalized spacial score (nSPS) is 15.8. The molecule has 1 aliphatic rings. The van der Waals surface area contributed by atoms with Crippen molar-refractivity contribution in [3.05, 3.63) is 58.4 Å². The Bertz CT molecular complexity index is 906. The van der Waals surface area contributed by atoms with Gasteiger partial charge in [-0.05, 0) is 63.4 Å². The van der Waals surface area contributed by atoms with Gasteiger partial charge in [-0.15, -0.1) is 0 Å². The summed E-state index contributed by atoms with van der Waals surface area (Å²) in [4.78, 5) is 31.4. The first-order valence-electron chi connectivity index (χ1n) is 11.1. The number of carbonyl (C=O) groups excluding carboxylic acids is 2. The van der Waals surface area contributed by atoms with Gasteiger partial charge in [0.15, 0.2) is 0 Å². The largest absolute Gasteiger partial charge is 0.353 e. The molecule has 1 unspecified atom stereocenters. The summed E-state index contributed by atoms with van der Waals surface area (Å²) in [6.07, 6.45) is 1.81. The van der Waals surface area contributed by atoms with Gasteiger partial charge >= 0.3 is 6.03 Å². The highest BCUT2D eigenvalue weighted by atomic mass is 35.5. The molecule has 0 spiro atoms. The zero-order chi connectivity index (χ0) is 23.1. The van der Waals surface area contributed by atoms with E-state index in [-0.39, 0.29) is 23.9 Å². The van der Waals surface area contributed by atoms with Crippen molar-refractivity contribution in [3.8, 4) is 0 Å². The molecule has 0 bridgehead atoms. The fourth-order valence-corrected chi connectivity index (χ4v) is 4.07. The number of amides is 3. The van der Waals surface area contributed by atoms with E-state index >= 15 is 0 Å². The number of nitrogens with zero attached hydrogens (tertiary/aromatic N) is 2. The molecule has 0 aliphatic carbocycles. The predicted octanol–water partition coefficient (Wildman–Crippen LogP) is 3.86. The highest BCUT2D eigenvalue weighted by Gasteiger charge is 2.23. The van der Waals surface area contributed by atoms with Crippen LogP contribution in [0.15, 0.2) is 36.4 Å². The van der Waals surface area contributed by atoms with Gasteiger partial charge in [0.2, 0.25) is 5.91 Å². The molecule has 0 saturated carbocycles. The molecule has 1 aliphatic heterocycles. The van der Waals surface area contributed by atoms with Crippen LogP contribution in [0.4, 0.5) is 10.5 Å². The lowest BCUT2D eigenvalue weighted by Crippen LogP contribution is -2.47. The third kappa shape index (κ3) is 7.21. The van der Waals surface area contributed by atoms with Crippen LogP contribution >= 0.6 is 11.6 Å². The highest BCUT2D eigenvalue weighted by Crippen LogP contribution is 2.19. The van der Waals surface area contributed by atoms with Gasteiger partial charge in [-0.1, -0.05) is 23.7 Å². The molecular formula is C24H32ClN5O2. The average Bonchev–Trinajstić information content (AvgIpc) is 2.74. The zero-order valence-corrected chi connectivity index (χ0v) is 19.7. The van der Waals surface area contributed by atoms with Crippen LogP contribution in [0.5, 0.6) is 0 Å². The number of carbonyl (C=O) groups is 2. The summed E-state index contributed by atoms with van der Waals surface area (Å²) in [5, 5.41) is 9.61. The van der Waals surface area contributed by atoms with Crippen LogP contribution in [0.3, 0.4) is 0 Å². The van der Waals surface area contributed by atoms with Crippen LogP contribution in [0.2, 0.25) is 5.02 Å². The Morgan fingerprint density at radius 1 is 1.12 bits per heavy atom. The van der Waals surface area contributed by atoms with E-state index in [9.17, 15) is 9.59 Å². The zero-order valence-electron chi connectivity index (χ0n) is 19.0. The van der Waals surface area contributed by atoms with Crippen LogP contribution in [0, 0.1) is 13.8 Å². The molecular weight excluding hydrogens is 426 g/mol. The summed E-state index contributed by atoms with van der Waals surface area (Å²) in [6.45, 7) is 8.86. The van der Waals surface area contributed by atoms with Crippen molar-refractivity contribution in [3.63, 3.8) is 0 Å². The number of aryl methyl sites for hydroxylation is 2. The number of aromatic nitrogens is 1. The van der Waals surface area contributed by atoms with Crippen LogP contribution in [0.25, 0.3) is 0 Å². The van der Waals surface area contributed by atoms with Gasteiger partial charge in [-0.25, -0.2) is 4.79 Å². The van der Waals surface area contributed by atoms with E-state index in [2.05, 4.69) is 25.8 Å². The Kier molecular flexibility index (Phi) is 8.47. The molecule has 2 aromatic rings. The number of benzene rings is 1. The van der Waals surface area contributed by atoms with Gasteiger partial charge in [0.05, 0.1) is 5.92 Å². The van der Waals surface area contributed by atoms with E-state index in [1.807, 2.05) is 57.2 Å². The lowest BCUT2D eigenvalue weighted by Gasteiger charge is -2.32. The summed E-state index contributed by atoms with van der Waals surface area (Å²) in [5.41, 5.74) is 3.46. The van der Waals surface area contributed by atoms with E-state index in [0.29, 0.717) is 11.6 Å². The number of likely N-dealkylation sites (tertiary alicyclic amines) is 1. The van der Waals surface area contributed by atoms with Crippen LogP contribution in [0.1, 0.15) is 42.6 Å². The summed E-state index contributed by atoms with van der Waals surface area (Å²) >= 11 is 5.93. The number of urea groups is 1. The summed E-state index contributed by atoms with van der Waals surface area (Å²) in [6, 6.07) is 11.1. The lowest BCUT2D eigenvalue weighted by molar-refractivity contribution is -0.123. The van der Waals surface area contributed by atoms with Crippen molar-refractivity contribution in [1.82, 2.24) is 20.5 Å². The Morgan fingerprint density at radius 3 is 2.38 bits per heavy atom. The fourth-order valence-electron chi connectivity index (χ4n) is 3.94. The van der Waals surface area contributed by atoms with E-state index in [0.717, 1.165) is 55.1 Å². The number of anilines is 1. The minimum absolute atomic E-state index is 0.0469. The molecule has 172 valence electrons. The van der Waals surface area contributed by atoms with Crippen molar-refractivity contribution in [2.75, 3.05) is 31.5 Å². The molecule has 1 saturated heterocycles. The van der Waals surface area contributed by atoms with Gasteiger partial charge in [0.1, 0.15) is 0 Å². The second kappa shape index (κ2) is 11.3. The molecule has 1 aromatic carbocycles. The predicted molar refractivity (Wildman–Crippen MR) is 128 cm³/mol. The number of hydrogen-bond donors (Lipinski definition) is 3. The SMILES string of the molecule is Cc1cc(NC(=O)NCCN2CCC(NC(=O)C(C)c3ccc(Cl)cc3)CC2)cc(C)n1. The first-order valence-corrected chi connectivity index (χ1v) is 11.5. The van der Waals surface area contributed by atoms with Crippen LogP contribution < -0.4 is 16.0 Å². The third-order valence-electron chi connectivity index (χ3n) is 5.75. The Balaban J connectivity index is 1.34. The maximum absolute atomic E-state index is 12.6. The standard InChI is InChI=1S/C24H32ClN5O2/c1-16-14-22(15-17(2)27-16)29-24(32)26-10-13-30-11-8-21(9-12-30)28-23(31)18(3)19-4-6-20(25)7-5-19/h4-7,14-15,18,21H,8-13H2,1-3H3,(H,28,31)(H2,26,27,29,32). The second-order valence-corrected chi connectivity index (χ2v) is 8.85. The van der Waals surface area contributed by atoms with Crippen LogP contribution in [-0.2, 0) is 4.79 Å². The molecule has 1 atom stereocenters. The molecule has 7 nitrogen and oxygen atoms in total. The van der Waals surface area contributed by atoms with Crippen molar-refractivity contribution in [2.45, 2.75) is 45.6 Å². The van der Waals surface area contributed by atoms with Gasteiger partial charge in [-0.2, -0.15) is 0 Å². The maximum Gasteiger partial charge on any atom is 0.319 e. The minimum atomic E-state index is -0.215. The van der Waals surface area contributed by atoms with Gasteiger partial charge in [-0.3, -0.25) is 9.78 Å². The summed E-state index contributed by atoms with van der Waals surface area (Å²) in [7, 11) is 0. The lowest BCUT2D eigenvalue weighted by atomic mass is 9.98. The highest BCUT2D eigenvalue weighted by molar-refractivity contribution is 6.30. The van der Waals surface area contributed by atoms with E-state index in [4.69, 9.17) is 11.6 Å². The number of nitrogens with one attached hydrogen (secondary N) is 3. The molecule has 1 aromatic heterocycles. The van der Waals surface area contributed by atoms with E-state index in [1.165, 1.54) is 0 Å². The monoisotopic (exact) mass is 457 g/mol. The molecule has 32 heavy (non-hydrogen) atoms. The molecule has 3 amide bonds. The Labute approximate surface area is 194 Å². The van der Waals surface area contributed by atoms with Crippen molar-refractivity contribution in [2.24, 2.45) is 0 Å². The van der Waals surface area contributed by atoms with Gasteiger partial charge in [0, 0.05) is 54.3 Å². The Hall–Kier alpha value is -2.64. The number of halogens is 1. The Morgan fingerprint density at radius 2 is 1.75 bits per heavy atom. The van der Waals surface area contributed by atoms with Gasteiger partial charge in [0.25, 0.3) is 0 Å². The summed E-state index contributed by atoms with van der Waals surface area (Å²) < 4.78 is 0. The smallest absolute Gasteiger partial charge is 0.319 e. The van der Waals surface area contributed by atoms with Crippen LogP contribution in [-0.4, -0.2) is 54.0 Å². The maximum atomic E-state index is 12.6. The average molecular weight is 458 g/mol. The fraction of sp³-hybridized carbons (Fsp3) is 0.458. The van der Waals surface area contributed by atoms with Crippen molar-refractivity contribution in [1.29, 1.82) is 0 Å². The summed E-state index contributed by atoms with van der Waals surface area (Å²) in [5.74, 6) is -0.160. The molecule has 2 heterocycles. The van der Waals surface area contributed by atoms with E-state index in [1.54, 1.807) is 0 Å². The quantitative estimate of drug-likeness (QED) is 0.589. The molecule has 1 fully saturated rings. The first-order chi connectivity index (χ1) is 15.3.